The largest absolute Gasteiger partial charge is 0.354 e. The van der Waals surface area contributed by atoms with Gasteiger partial charge in [-0.3, -0.25) is 13.9 Å². The summed E-state index contributed by atoms with van der Waals surface area (Å²) in [6.07, 6.45) is 0.184. The summed E-state index contributed by atoms with van der Waals surface area (Å²) in [6, 6.07) is 26.6. The standard InChI is InChI=1S/C35H37ClFN3O4S/c1-25(2)22-38-35(42)33(21-27-10-6-4-7-11-27)39(23-28-14-17-30(37)18-15-28)34(41)24-40(32-19-16-29(36)20-26(32)3)45(43,44)31-12-8-5-9-13-31/h4-20,25,33H,21-24H2,1-3H3,(H,38,42)/t33-/m0/s1. The van der Waals surface area contributed by atoms with Crippen molar-refractivity contribution in [1.82, 2.24) is 10.2 Å². The molecule has 7 nitrogen and oxygen atoms in total. The first-order valence-corrected chi connectivity index (χ1v) is 16.5. The van der Waals surface area contributed by atoms with Crippen molar-refractivity contribution >= 4 is 39.1 Å². The Morgan fingerprint density at radius 3 is 2.09 bits per heavy atom. The van der Waals surface area contributed by atoms with Crippen LogP contribution in [0.25, 0.3) is 0 Å². The number of hydrogen-bond acceptors (Lipinski definition) is 4. The number of aryl methyl sites for hydroxylation is 1. The summed E-state index contributed by atoms with van der Waals surface area (Å²) in [4.78, 5) is 29.7. The lowest BCUT2D eigenvalue weighted by Gasteiger charge is -2.34. The number of nitrogens with one attached hydrogen (secondary N) is 1. The third-order valence-corrected chi connectivity index (χ3v) is 9.27. The van der Waals surface area contributed by atoms with Crippen LogP contribution in [-0.2, 0) is 32.6 Å². The Morgan fingerprint density at radius 1 is 0.867 bits per heavy atom. The van der Waals surface area contributed by atoms with Crippen LogP contribution in [0.1, 0.15) is 30.5 Å². The Balaban J connectivity index is 1.81. The molecule has 2 amide bonds. The normalized spacial score (nSPS) is 12.0. The van der Waals surface area contributed by atoms with Gasteiger partial charge in [-0.15, -0.1) is 0 Å². The lowest BCUT2D eigenvalue weighted by atomic mass is 10.0. The van der Waals surface area contributed by atoms with E-state index in [0.29, 0.717) is 22.7 Å². The van der Waals surface area contributed by atoms with E-state index in [4.69, 9.17) is 11.6 Å². The van der Waals surface area contributed by atoms with Crippen molar-refractivity contribution in [2.24, 2.45) is 5.92 Å². The van der Waals surface area contributed by atoms with Crippen molar-refractivity contribution in [3.05, 3.63) is 131 Å². The lowest BCUT2D eigenvalue weighted by Crippen LogP contribution is -2.53. The molecule has 1 N–H and O–H groups in total. The third-order valence-electron chi connectivity index (χ3n) is 7.26. The van der Waals surface area contributed by atoms with Crippen molar-refractivity contribution < 1.29 is 22.4 Å². The first-order chi connectivity index (χ1) is 21.5. The van der Waals surface area contributed by atoms with Crippen LogP contribution in [0.3, 0.4) is 0 Å². The molecule has 45 heavy (non-hydrogen) atoms. The van der Waals surface area contributed by atoms with Gasteiger partial charge in [-0.2, -0.15) is 0 Å². The van der Waals surface area contributed by atoms with E-state index in [9.17, 15) is 22.4 Å². The van der Waals surface area contributed by atoms with E-state index in [1.54, 1.807) is 55.5 Å². The highest BCUT2D eigenvalue weighted by Crippen LogP contribution is 2.29. The molecular formula is C35H37ClFN3O4S. The maximum atomic E-state index is 14.5. The molecule has 236 valence electrons. The van der Waals surface area contributed by atoms with Crippen LogP contribution in [0.5, 0.6) is 0 Å². The van der Waals surface area contributed by atoms with E-state index >= 15 is 0 Å². The van der Waals surface area contributed by atoms with Gasteiger partial charge in [0.15, 0.2) is 0 Å². The summed E-state index contributed by atoms with van der Waals surface area (Å²) in [6.45, 7) is 5.39. The fourth-order valence-corrected chi connectivity index (χ4v) is 6.62. The number of carbonyl (C=O) groups excluding carboxylic acids is 2. The molecule has 0 fully saturated rings. The second-order valence-corrected chi connectivity index (χ2v) is 13.5. The maximum Gasteiger partial charge on any atom is 0.264 e. The van der Waals surface area contributed by atoms with Gasteiger partial charge in [-0.1, -0.05) is 86.1 Å². The summed E-state index contributed by atoms with van der Waals surface area (Å²) in [5, 5.41) is 3.37. The van der Waals surface area contributed by atoms with Crippen molar-refractivity contribution in [3.8, 4) is 0 Å². The number of anilines is 1. The highest BCUT2D eigenvalue weighted by Gasteiger charge is 2.35. The number of carbonyl (C=O) groups is 2. The number of benzene rings is 4. The van der Waals surface area contributed by atoms with Gasteiger partial charge in [0.2, 0.25) is 11.8 Å². The molecular weight excluding hydrogens is 613 g/mol. The van der Waals surface area contributed by atoms with E-state index in [2.05, 4.69) is 5.32 Å². The average Bonchev–Trinajstić information content (AvgIpc) is 3.02. The summed E-state index contributed by atoms with van der Waals surface area (Å²) < 4.78 is 43.1. The predicted octanol–water partition coefficient (Wildman–Crippen LogP) is 6.40. The van der Waals surface area contributed by atoms with Gasteiger partial charge in [-0.25, -0.2) is 12.8 Å². The van der Waals surface area contributed by atoms with Crippen LogP contribution in [-0.4, -0.2) is 44.3 Å². The minimum absolute atomic E-state index is 0.00717. The SMILES string of the molecule is Cc1cc(Cl)ccc1N(CC(=O)N(Cc1ccc(F)cc1)[C@@H](Cc1ccccc1)C(=O)NCC(C)C)S(=O)(=O)c1ccccc1. The lowest BCUT2D eigenvalue weighted by molar-refractivity contribution is -0.140. The van der Waals surface area contributed by atoms with E-state index in [0.717, 1.165) is 9.87 Å². The molecule has 1 atom stereocenters. The monoisotopic (exact) mass is 649 g/mol. The maximum absolute atomic E-state index is 14.5. The van der Waals surface area contributed by atoms with Crippen LogP contribution in [0.4, 0.5) is 10.1 Å². The van der Waals surface area contributed by atoms with Crippen molar-refractivity contribution in [2.45, 2.75) is 44.7 Å². The number of halogens is 2. The number of amides is 2. The minimum Gasteiger partial charge on any atom is -0.354 e. The molecule has 0 unspecified atom stereocenters. The van der Waals surface area contributed by atoms with Gasteiger partial charge < -0.3 is 10.2 Å². The topological polar surface area (TPSA) is 86.8 Å². The Bertz CT molecular complexity index is 1700. The molecule has 0 aliphatic carbocycles. The molecule has 4 rings (SSSR count). The fraction of sp³-hybridized carbons (Fsp3) is 0.257. The highest BCUT2D eigenvalue weighted by atomic mass is 35.5. The molecule has 0 aliphatic heterocycles. The van der Waals surface area contributed by atoms with Crippen LogP contribution in [0.15, 0.2) is 108 Å². The quantitative estimate of drug-likeness (QED) is 0.182. The molecule has 0 saturated carbocycles. The van der Waals surface area contributed by atoms with Crippen molar-refractivity contribution in [2.75, 3.05) is 17.4 Å². The molecule has 4 aromatic rings. The Hall–Kier alpha value is -4.21. The number of sulfonamides is 1. The van der Waals surface area contributed by atoms with Gasteiger partial charge >= 0.3 is 0 Å². The molecule has 0 bridgehead atoms. The highest BCUT2D eigenvalue weighted by molar-refractivity contribution is 7.92. The summed E-state index contributed by atoms with van der Waals surface area (Å²) in [5.74, 6) is -1.26. The van der Waals surface area contributed by atoms with Crippen LogP contribution >= 0.6 is 11.6 Å². The van der Waals surface area contributed by atoms with Gasteiger partial charge in [0.05, 0.1) is 10.6 Å². The van der Waals surface area contributed by atoms with E-state index in [1.165, 1.54) is 29.2 Å². The fourth-order valence-electron chi connectivity index (χ4n) is 4.89. The van der Waals surface area contributed by atoms with Crippen molar-refractivity contribution in [3.63, 3.8) is 0 Å². The average molecular weight is 650 g/mol. The van der Waals surface area contributed by atoms with Gasteiger partial charge in [-0.05, 0) is 72.0 Å². The molecule has 0 heterocycles. The smallest absolute Gasteiger partial charge is 0.264 e. The summed E-state index contributed by atoms with van der Waals surface area (Å²) in [5.41, 5.74) is 2.23. The molecule has 4 aromatic carbocycles. The second kappa shape index (κ2) is 15.2. The molecule has 0 saturated heterocycles. The first kappa shape index (κ1) is 33.7. The Labute approximate surface area is 269 Å². The Kier molecular flexibility index (Phi) is 11.4. The number of nitrogens with zero attached hydrogens (tertiary/aromatic N) is 2. The zero-order chi connectivity index (χ0) is 32.6. The molecule has 10 heteroatoms. The van der Waals surface area contributed by atoms with E-state index < -0.39 is 34.3 Å². The van der Waals surface area contributed by atoms with E-state index in [-0.39, 0.29) is 35.4 Å². The van der Waals surface area contributed by atoms with Gasteiger partial charge in [0.1, 0.15) is 18.4 Å². The number of rotatable bonds is 13. The summed E-state index contributed by atoms with van der Waals surface area (Å²) >= 11 is 6.20. The second-order valence-electron chi connectivity index (χ2n) is 11.2. The molecule has 0 spiro atoms. The third kappa shape index (κ3) is 8.93. The number of hydrogen-bond donors (Lipinski definition) is 1. The zero-order valence-electron chi connectivity index (χ0n) is 25.5. The molecule has 0 aromatic heterocycles. The van der Waals surface area contributed by atoms with Crippen LogP contribution < -0.4 is 9.62 Å². The van der Waals surface area contributed by atoms with Gasteiger partial charge in [0, 0.05) is 24.5 Å². The molecule has 0 radical (unpaired) electrons. The predicted molar refractivity (Wildman–Crippen MR) is 176 cm³/mol. The van der Waals surface area contributed by atoms with Gasteiger partial charge in [0.25, 0.3) is 10.0 Å². The first-order valence-electron chi connectivity index (χ1n) is 14.6. The van der Waals surface area contributed by atoms with Crippen LogP contribution in [0, 0.1) is 18.7 Å². The summed E-state index contributed by atoms with van der Waals surface area (Å²) in [7, 11) is -4.23. The van der Waals surface area contributed by atoms with Crippen LogP contribution in [0.2, 0.25) is 5.02 Å². The zero-order valence-corrected chi connectivity index (χ0v) is 27.1. The Morgan fingerprint density at radius 2 is 1.49 bits per heavy atom. The van der Waals surface area contributed by atoms with Crippen molar-refractivity contribution in [1.29, 1.82) is 0 Å². The minimum atomic E-state index is -4.23. The van der Waals surface area contributed by atoms with E-state index in [1.807, 2.05) is 44.2 Å². The molecule has 0 aliphatic rings.